The molecule has 3 aliphatic rings. The fraction of sp³-hybridized carbons (Fsp3) is 0.731. The van der Waals surface area contributed by atoms with E-state index in [1.807, 2.05) is 0 Å². The number of hydrogen-bond donors (Lipinski definition) is 4. The summed E-state index contributed by atoms with van der Waals surface area (Å²) in [4.78, 5) is 29.4. The standard InChI is InChI=1S/C26H40N4O3/c31-25(23-19-8-6-9-20(23)17-27-16-19)30-22(26(32)33)12-5-3-1-2-4-11-21-14-13-18-10-7-15-28-24(18)29-21/h13-14,19-20,22-23,27H,1-12,15-17H2,(H,28,29)(H,30,31)(H,32,33). The number of anilines is 1. The molecule has 1 amide bonds. The number of amides is 1. The van der Waals surface area contributed by atoms with Crippen molar-refractivity contribution in [3.63, 3.8) is 0 Å². The number of fused-ring (bicyclic) bond motifs is 3. The van der Waals surface area contributed by atoms with Gasteiger partial charge in [0.15, 0.2) is 0 Å². The number of aromatic nitrogens is 1. The number of rotatable bonds is 11. The van der Waals surface area contributed by atoms with E-state index in [9.17, 15) is 14.7 Å². The first-order valence-electron chi connectivity index (χ1n) is 13.1. The van der Waals surface area contributed by atoms with E-state index in [-0.39, 0.29) is 11.8 Å². The minimum absolute atomic E-state index is 0.0192. The number of hydrogen-bond acceptors (Lipinski definition) is 5. The highest BCUT2D eigenvalue weighted by Gasteiger charge is 2.41. The molecule has 1 saturated heterocycles. The number of carbonyl (C=O) groups is 2. The molecule has 1 aliphatic carbocycles. The molecule has 3 unspecified atom stereocenters. The molecule has 2 fully saturated rings. The Morgan fingerprint density at radius 3 is 2.61 bits per heavy atom. The van der Waals surface area contributed by atoms with Crippen molar-refractivity contribution in [1.29, 1.82) is 0 Å². The second-order valence-electron chi connectivity index (χ2n) is 10.2. The van der Waals surface area contributed by atoms with Crippen LogP contribution >= 0.6 is 0 Å². The summed E-state index contributed by atoms with van der Waals surface area (Å²) in [6, 6.07) is 3.60. The Labute approximate surface area is 197 Å². The smallest absolute Gasteiger partial charge is 0.326 e. The van der Waals surface area contributed by atoms with E-state index >= 15 is 0 Å². The monoisotopic (exact) mass is 456 g/mol. The maximum absolute atomic E-state index is 12.9. The Bertz CT molecular complexity index is 793. The average Bonchev–Trinajstić information content (AvgIpc) is 2.81. The van der Waals surface area contributed by atoms with E-state index in [2.05, 4.69) is 28.1 Å². The van der Waals surface area contributed by atoms with Crippen LogP contribution in [-0.2, 0) is 22.4 Å². The SMILES string of the molecule is O=C(O)C(CCCCCCCc1ccc2c(n1)NCCC2)NC(=O)C1C2CCCC1CNC2. The number of unbranched alkanes of at least 4 members (excludes halogenated alkanes) is 4. The third-order valence-electron chi connectivity index (χ3n) is 7.77. The highest BCUT2D eigenvalue weighted by molar-refractivity contribution is 5.85. The Kier molecular flexibility index (Phi) is 8.59. The molecule has 33 heavy (non-hydrogen) atoms. The number of piperidine rings is 1. The number of nitrogens with one attached hydrogen (secondary N) is 3. The third kappa shape index (κ3) is 6.46. The number of aryl methyl sites for hydroxylation is 2. The van der Waals surface area contributed by atoms with Crippen molar-refractivity contribution >= 4 is 17.7 Å². The van der Waals surface area contributed by atoms with Gasteiger partial charge in [-0.2, -0.15) is 0 Å². The predicted octanol–water partition coefficient (Wildman–Crippen LogP) is 3.53. The van der Waals surface area contributed by atoms with Gasteiger partial charge in [-0.1, -0.05) is 38.2 Å². The van der Waals surface area contributed by atoms with Crippen LogP contribution in [0.25, 0.3) is 0 Å². The summed E-state index contributed by atoms with van der Waals surface area (Å²) in [7, 11) is 0. The number of nitrogens with zero attached hydrogens (tertiary/aromatic N) is 1. The minimum atomic E-state index is -0.908. The molecule has 1 aromatic heterocycles. The molecule has 7 nitrogen and oxygen atoms in total. The van der Waals surface area contributed by atoms with Gasteiger partial charge in [-0.25, -0.2) is 9.78 Å². The van der Waals surface area contributed by atoms with E-state index in [0.29, 0.717) is 18.3 Å². The highest BCUT2D eigenvalue weighted by atomic mass is 16.4. The second-order valence-corrected chi connectivity index (χ2v) is 10.2. The van der Waals surface area contributed by atoms with Gasteiger partial charge < -0.3 is 21.1 Å². The topological polar surface area (TPSA) is 103 Å². The molecule has 0 aromatic carbocycles. The molecule has 2 aliphatic heterocycles. The maximum atomic E-state index is 12.9. The molecular formula is C26H40N4O3. The molecular weight excluding hydrogens is 416 g/mol. The van der Waals surface area contributed by atoms with Crippen LogP contribution in [0.1, 0.15) is 75.5 Å². The summed E-state index contributed by atoms with van der Waals surface area (Å²) >= 11 is 0. The highest BCUT2D eigenvalue weighted by Crippen LogP contribution is 2.37. The summed E-state index contributed by atoms with van der Waals surface area (Å²) in [5.41, 5.74) is 2.48. The maximum Gasteiger partial charge on any atom is 0.326 e. The summed E-state index contributed by atoms with van der Waals surface area (Å²) in [5, 5.41) is 19.3. The Morgan fingerprint density at radius 2 is 1.82 bits per heavy atom. The normalized spacial score (nSPS) is 24.9. The fourth-order valence-electron chi connectivity index (χ4n) is 5.94. The molecule has 1 saturated carbocycles. The number of aliphatic carboxylic acids is 1. The predicted molar refractivity (Wildman–Crippen MR) is 129 cm³/mol. The average molecular weight is 457 g/mol. The minimum Gasteiger partial charge on any atom is -0.480 e. The molecule has 0 spiro atoms. The zero-order chi connectivity index (χ0) is 23.0. The van der Waals surface area contributed by atoms with E-state index < -0.39 is 12.0 Å². The molecule has 7 heteroatoms. The van der Waals surface area contributed by atoms with Crippen LogP contribution in [0.5, 0.6) is 0 Å². The van der Waals surface area contributed by atoms with Crippen LogP contribution in [0.3, 0.4) is 0 Å². The lowest BCUT2D eigenvalue weighted by Gasteiger charge is -2.42. The number of carboxylic acids is 1. The van der Waals surface area contributed by atoms with Gasteiger partial charge >= 0.3 is 5.97 Å². The number of pyridine rings is 1. The first-order chi connectivity index (χ1) is 16.1. The Hall–Kier alpha value is -2.15. The molecule has 4 rings (SSSR count). The largest absolute Gasteiger partial charge is 0.480 e. The second kappa shape index (κ2) is 11.8. The van der Waals surface area contributed by atoms with Gasteiger partial charge in [0.25, 0.3) is 0 Å². The number of carboxylic acid groups (broad SMARTS) is 1. The van der Waals surface area contributed by atoms with Crippen molar-refractivity contribution < 1.29 is 14.7 Å². The number of carbonyl (C=O) groups excluding carboxylic acids is 1. The summed E-state index contributed by atoms with van der Waals surface area (Å²) in [6.45, 7) is 2.77. The first-order valence-corrected chi connectivity index (χ1v) is 13.1. The Balaban J connectivity index is 1.13. The molecule has 182 valence electrons. The molecule has 1 aromatic rings. The van der Waals surface area contributed by atoms with Crippen LogP contribution in [0.4, 0.5) is 5.82 Å². The van der Waals surface area contributed by atoms with E-state index in [1.165, 1.54) is 18.4 Å². The van der Waals surface area contributed by atoms with Gasteiger partial charge in [-0.05, 0) is 81.5 Å². The van der Waals surface area contributed by atoms with Crippen molar-refractivity contribution in [3.05, 3.63) is 23.4 Å². The van der Waals surface area contributed by atoms with E-state index in [1.54, 1.807) is 0 Å². The lowest BCUT2D eigenvalue weighted by molar-refractivity contribution is -0.144. The van der Waals surface area contributed by atoms with Gasteiger partial charge in [0.1, 0.15) is 11.9 Å². The van der Waals surface area contributed by atoms with Crippen molar-refractivity contribution in [3.8, 4) is 0 Å². The zero-order valence-corrected chi connectivity index (χ0v) is 19.8. The van der Waals surface area contributed by atoms with Crippen molar-refractivity contribution in [2.45, 2.75) is 83.1 Å². The zero-order valence-electron chi connectivity index (χ0n) is 19.8. The van der Waals surface area contributed by atoms with Gasteiger partial charge in [0, 0.05) is 18.2 Å². The first kappa shape index (κ1) is 24.0. The van der Waals surface area contributed by atoms with Gasteiger partial charge in [0.2, 0.25) is 5.91 Å². The fourth-order valence-corrected chi connectivity index (χ4v) is 5.94. The molecule has 3 heterocycles. The van der Waals surface area contributed by atoms with Gasteiger partial charge in [-0.3, -0.25) is 4.79 Å². The van der Waals surface area contributed by atoms with E-state index in [4.69, 9.17) is 4.98 Å². The Morgan fingerprint density at radius 1 is 1.06 bits per heavy atom. The van der Waals surface area contributed by atoms with E-state index in [0.717, 1.165) is 88.9 Å². The van der Waals surface area contributed by atoms with Gasteiger partial charge in [-0.15, -0.1) is 0 Å². The van der Waals surface area contributed by atoms with Crippen LogP contribution in [0, 0.1) is 17.8 Å². The quantitative estimate of drug-likeness (QED) is 0.380. The van der Waals surface area contributed by atoms with Crippen LogP contribution in [0.2, 0.25) is 0 Å². The van der Waals surface area contributed by atoms with Crippen molar-refractivity contribution in [1.82, 2.24) is 15.6 Å². The summed E-state index contributed by atoms with van der Waals surface area (Å²) < 4.78 is 0. The van der Waals surface area contributed by atoms with Crippen molar-refractivity contribution in [2.24, 2.45) is 17.8 Å². The van der Waals surface area contributed by atoms with Crippen LogP contribution < -0.4 is 16.0 Å². The molecule has 3 atom stereocenters. The lowest BCUT2D eigenvalue weighted by Crippen LogP contribution is -2.54. The van der Waals surface area contributed by atoms with Crippen molar-refractivity contribution in [2.75, 3.05) is 25.0 Å². The third-order valence-corrected chi connectivity index (χ3v) is 7.77. The van der Waals surface area contributed by atoms with Crippen LogP contribution in [0.15, 0.2) is 12.1 Å². The molecule has 0 radical (unpaired) electrons. The lowest BCUT2D eigenvalue weighted by atomic mass is 9.69. The summed E-state index contributed by atoms with van der Waals surface area (Å²) in [6.07, 6.45) is 12.2. The summed E-state index contributed by atoms with van der Waals surface area (Å²) in [5.74, 6) is 0.808. The van der Waals surface area contributed by atoms with Gasteiger partial charge in [0.05, 0.1) is 0 Å². The van der Waals surface area contributed by atoms with Crippen LogP contribution in [-0.4, -0.2) is 47.6 Å². The molecule has 2 bridgehead atoms. The molecule has 4 N–H and O–H groups in total.